The Bertz CT molecular complexity index is 3960. The lowest BCUT2D eigenvalue weighted by Gasteiger charge is -2.29. The van der Waals surface area contributed by atoms with Gasteiger partial charge >= 0.3 is 0 Å². The number of hydrogen-bond donors (Lipinski definition) is 0. The molecule has 2 aromatic heterocycles. The van der Waals surface area contributed by atoms with Gasteiger partial charge in [0.1, 0.15) is 0 Å². The summed E-state index contributed by atoms with van der Waals surface area (Å²) in [4.78, 5) is 2.48. The molecule has 0 spiro atoms. The first-order valence-corrected chi connectivity index (χ1v) is 23.7. The Morgan fingerprint density at radius 1 is 0.246 bits per heavy atom. The van der Waals surface area contributed by atoms with E-state index in [1.165, 1.54) is 66.0 Å². The van der Waals surface area contributed by atoms with Crippen LogP contribution >= 0.6 is 0 Å². The molecule has 0 saturated carbocycles. The lowest BCUT2D eigenvalue weighted by Crippen LogP contribution is -2.12. The molecular formula is C66H45N3. The van der Waals surface area contributed by atoms with Gasteiger partial charge in [0.05, 0.1) is 27.8 Å². The smallest absolute Gasteiger partial charge is 0.0640 e. The summed E-state index contributed by atoms with van der Waals surface area (Å²) >= 11 is 0. The SMILES string of the molecule is c1ccc(-c2ccc(N(c3ccccc3)c3c(-c4ccc5c(c4)c4ccccc4n5-c4ccc(-c5ccccc5)cc4)ccc4c3c3ccccc3n4-c3cccc(-c4ccccc4)c3)cc2)cc1. The minimum absolute atomic E-state index is 1.08. The fourth-order valence-electron chi connectivity index (χ4n) is 10.5. The summed E-state index contributed by atoms with van der Waals surface area (Å²) in [5, 5.41) is 4.80. The van der Waals surface area contributed by atoms with Gasteiger partial charge in [0, 0.05) is 49.9 Å². The third kappa shape index (κ3) is 6.99. The highest BCUT2D eigenvalue weighted by Gasteiger charge is 2.26. The molecule has 69 heavy (non-hydrogen) atoms. The van der Waals surface area contributed by atoms with Crippen molar-refractivity contribution in [1.82, 2.24) is 9.13 Å². The van der Waals surface area contributed by atoms with Crippen molar-refractivity contribution in [2.45, 2.75) is 0 Å². The van der Waals surface area contributed by atoms with Crippen molar-refractivity contribution in [3.8, 4) is 55.9 Å². The lowest BCUT2D eigenvalue weighted by atomic mass is 9.96. The Morgan fingerprint density at radius 3 is 1.35 bits per heavy atom. The zero-order chi connectivity index (χ0) is 45.7. The standard InChI is InChI=1S/C66H45N3/c1-5-18-46(19-6-1)49-32-37-54(38-33-49)67(53-25-11-4-12-26-53)66-57(41-43-64-65(66)59-29-14-16-31-62(59)69(64)56-27-17-24-51(44-56)48-22-9-3-10-23-48)52-36-42-63-60(45-52)58-28-13-15-30-61(58)68(63)55-39-34-50(35-40-55)47-20-7-2-8-21-47/h1-45H. The molecule has 0 saturated heterocycles. The molecule has 0 unspecified atom stereocenters. The molecule has 0 aliphatic heterocycles. The van der Waals surface area contributed by atoms with Gasteiger partial charge in [-0.2, -0.15) is 0 Å². The summed E-state index contributed by atoms with van der Waals surface area (Å²) in [6.45, 7) is 0. The molecule has 0 aliphatic rings. The van der Waals surface area contributed by atoms with E-state index >= 15 is 0 Å². The normalized spacial score (nSPS) is 11.5. The highest BCUT2D eigenvalue weighted by molar-refractivity contribution is 6.20. The van der Waals surface area contributed by atoms with Crippen molar-refractivity contribution in [1.29, 1.82) is 0 Å². The average Bonchev–Trinajstić information content (AvgIpc) is 3.95. The van der Waals surface area contributed by atoms with Crippen LogP contribution in [0.15, 0.2) is 273 Å². The molecular weight excluding hydrogens is 835 g/mol. The maximum atomic E-state index is 2.48. The second-order valence-electron chi connectivity index (χ2n) is 17.7. The summed E-state index contributed by atoms with van der Waals surface area (Å²) < 4.78 is 4.86. The van der Waals surface area contributed by atoms with Crippen LogP contribution in [-0.4, -0.2) is 9.13 Å². The fourth-order valence-corrected chi connectivity index (χ4v) is 10.5. The minimum Gasteiger partial charge on any atom is -0.309 e. The molecule has 3 nitrogen and oxygen atoms in total. The minimum atomic E-state index is 1.08. The van der Waals surface area contributed by atoms with Gasteiger partial charge in [-0.25, -0.2) is 0 Å². The van der Waals surface area contributed by atoms with Crippen molar-refractivity contribution in [3.05, 3.63) is 273 Å². The number of rotatable bonds is 9. The number of fused-ring (bicyclic) bond motifs is 6. The van der Waals surface area contributed by atoms with E-state index in [1.807, 2.05) is 0 Å². The van der Waals surface area contributed by atoms with Crippen LogP contribution in [0.25, 0.3) is 99.5 Å². The Hall–Kier alpha value is -9.18. The van der Waals surface area contributed by atoms with Crippen LogP contribution in [-0.2, 0) is 0 Å². The monoisotopic (exact) mass is 879 g/mol. The van der Waals surface area contributed by atoms with Gasteiger partial charge in [0.2, 0.25) is 0 Å². The third-order valence-electron chi connectivity index (χ3n) is 13.7. The molecule has 0 fully saturated rings. The number of anilines is 3. The Morgan fingerprint density at radius 2 is 0.696 bits per heavy atom. The fraction of sp³-hybridized carbons (Fsp3) is 0. The van der Waals surface area contributed by atoms with Gasteiger partial charge in [0.25, 0.3) is 0 Å². The molecule has 0 radical (unpaired) electrons. The quantitative estimate of drug-likeness (QED) is 0.141. The average molecular weight is 880 g/mol. The van der Waals surface area contributed by atoms with Crippen LogP contribution in [0.2, 0.25) is 0 Å². The topological polar surface area (TPSA) is 13.1 Å². The second kappa shape index (κ2) is 16.9. The molecule has 324 valence electrons. The molecule has 0 aliphatic carbocycles. The molecule has 13 aromatic rings. The van der Waals surface area contributed by atoms with E-state index in [-0.39, 0.29) is 0 Å². The highest BCUT2D eigenvalue weighted by Crippen LogP contribution is 2.50. The van der Waals surface area contributed by atoms with Crippen LogP contribution in [0.5, 0.6) is 0 Å². The number of benzene rings is 11. The van der Waals surface area contributed by atoms with E-state index in [9.17, 15) is 0 Å². The van der Waals surface area contributed by atoms with Crippen LogP contribution in [0.3, 0.4) is 0 Å². The van der Waals surface area contributed by atoms with Gasteiger partial charge in [-0.3, -0.25) is 0 Å². The van der Waals surface area contributed by atoms with E-state index in [0.29, 0.717) is 0 Å². The summed E-state index contributed by atoms with van der Waals surface area (Å²) in [7, 11) is 0. The van der Waals surface area contributed by atoms with Crippen LogP contribution in [0.1, 0.15) is 0 Å². The van der Waals surface area contributed by atoms with Crippen molar-refractivity contribution < 1.29 is 0 Å². The third-order valence-corrected chi connectivity index (χ3v) is 13.7. The first-order valence-electron chi connectivity index (χ1n) is 23.7. The molecule has 0 N–H and O–H groups in total. The molecule has 11 aromatic carbocycles. The lowest BCUT2D eigenvalue weighted by molar-refractivity contribution is 1.18. The summed E-state index contributed by atoms with van der Waals surface area (Å²) in [6, 6.07) is 99.2. The van der Waals surface area contributed by atoms with Gasteiger partial charge in [0.15, 0.2) is 0 Å². The molecule has 0 atom stereocenters. The van der Waals surface area contributed by atoms with Crippen LogP contribution < -0.4 is 4.90 Å². The van der Waals surface area contributed by atoms with Crippen LogP contribution in [0, 0.1) is 0 Å². The van der Waals surface area contributed by atoms with Gasteiger partial charge in [-0.05, 0) is 118 Å². The number of hydrogen-bond acceptors (Lipinski definition) is 1. The van der Waals surface area contributed by atoms with Gasteiger partial charge in [-0.15, -0.1) is 0 Å². The van der Waals surface area contributed by atoms with Crippen molar-refractivity contribution >= 4 is 60.7 Å². The maximum absolute atomic E-state index is 2.48. The van der Waals surface area contributed by atoms with Crippen molar-refractivity contribution in [2.75, 3.05) is 4.90 Å². The van der Waals surface area contributed by atoms with Gasteiger partial charge in [-0.1, -0.05) is 194 Å². The van der Waals surface area contributed by atoms with E-state index in [4.69, 9.17) is 0 Å². The number of para-hydroxylation sites is 3. The molecule has 3 heteroatoms. The molecule has 0 bridgehead atoms. The first kappa shape index (κ1) is 40.1. The first-order chi connectivity index (χ1) is 34.2. The van der Waals surface area contributed by atoms with Crippen molar-refractivity contribution in [3.63, 3.8) is 0 Å². The number of aromatic nitrogens is 2. The predicted octanol–water partition coefficient (Wildman–Crippen LogP) is 18.0. The van der Waals surface area contributed by atoms with E-state index in [0.717, 1.165) is 50.6 Å². The molecule has 13 rings (SSSR count). The Balaban J connectivity index is 1.07. The summed E-state index contributed by atoms with van der Waals surface area (Å²) in [5.41, 5.74) is 19.6. The van der Waals surface area contributed by atoms with Gasteiger partial charge < -0.3 is 14.0 Å². The zero-order valence-corrected chi connectivity index (χ0v) is 37.8. The molecule has 2 heterocycles. The molecule has 0 amide bonds. The Labute approximate surface area is 401 Å². The number of nitrogens with zero attached hydrogens (tertiary/aromatic N) is 3. The predicted molar refractivity (Wildman–Crippen MR) is 292 cm³/mol. The van der Waals surface area contributed by atoms with Crippen LogP contribution in [0.4, 0.5) is 17.1 Å². The summed E-state index contributed by atoms with van der Waals surface area (Å²) in [6.07, 6.45) is 0. The highest BCUT2D eigenvalue weighted by atomic mass is 15.2. The summed E-state index contributed by atoms with van der Waals surface area (Å²) in [5.74, 6) is 0. The Kier molecular flexibility index (Phi) is 9.84. The van der Waals surface area contributed by atoms with E-state index in [1.54, 1.807) is 0 Å². The van der Waals surface area contributed by atoms with Crippen molar-refractivity contribution in [2.24, 2.45) is 0 Å². The van der Waals surface area contributed by atoms with E-state index in [2.05, 4.69) is 287 Å². The second-order valence-corrected chi connectivity index (χ2v) is 17.7. The maximum Gasteiger partial charge on any atom is 0.0640 e. The largest absolute Gasteiger partial charge is 0.309 e. The van der Waals surface area contributed by atoms with E-state index < -0.39 is 0 Å². The zero-order valence-electron chi connectivity index (χ0n) is 37.8.